The number of nitrogens with one attached hydrogen (secondary N) is 1. The number of rotatable bonds is 8. The molecule has 24 heavy (non-hydrogen) atoms. The summed E-state index contributed by atoms with van der Waals surface area (Å²) in [6.45, 7) is 5.06. The second kappa shape index (κ2) is 9.15. The smallest absolute Gasteiger partial charge is 0.225 e. The van der Waals surface area contributed by atoms with Crippen molar-refractivity contribution in [3.8, 4) is 0 Å². The molecule has 0 radical (unpaired) electrons. The third-order valence-electron chi connectivity index (χ3n) is 4.19. The van der Waals surface area contributed by atoms with Gasteiger partial charge in [-0.1, -0.05) is 31.5 Å². The van der Waals surface area contributed by atoms with E-state index < -0.39 is 10.0 Å². The molecule has 0 saturated carbocycles. The number of hydrogen-bond donors (Lipinski definition) is 1. The number of piperazine rings is 1. The SMILES string of the molecule is CCCCS(=O)(=O)N1CCN(CCC(=O)Nc2ccccc2)CC1. The lowest BCUT2D eigenvalue weighted by molar-refractivity contribution is -0.116. The van der Waals surface area contributed by atoms with Gasteiger partial charge in [-0.25, -0.2) is 8.42 Å². The molecule has 0 aliphatic carbocycles. The van der Waals surface area contributed by atoms with Crippen LogP contribution in [-0.2, 0) is 14.8 Å². The molecule has 1 aromatic carbocycles. The van der Waals surface area contributed by atoms with Gasteiger partial charge in [0.1, 0.15) is 0 Å². The molecule has 134 valence electrons. The number of amides is 1. The number of hydrogen-bond acceptors (Lipinski definition) is 4. The van der Waals surface area contributed by atoms with Crippen LogP contribution < -0.4 is 5.32 Å². The van der Waals surface area contributed by atoms with Crippen LogP contribution >= 0.6 is 0 Å². The monoisotopic (exact) mass is 353 g/mol. The summed E-state index contributed by atoms with van der Waals surface area (Å²) in [5, 5.41) is 2.87. The molecular formula is C17H27N3O3S. The summed E-state index contributed by atoms with van der Waals surface area (Å²) in [6, 6.07) is 9.39. The van der Waals surface area contributed by atoms with E-state index >= 15 is 0 Å². The molecule has 1 heterocycles. The summed E-state index contributed by atoms with van der Waals surface area (Å²) >= 11 is 0. The highest BCUT2D eigenvalue weighted by molar-refractivity contribution is 7.89. The van der Waals surface area contributed by atoms with Gasteiger partial charge in [0.15, 0.2) is 0 Å². The van der Waals surface area contributed by atoms with Crippen LogP contribution in [0.15, 0.2) is 30.3 Å². The van der Waals surface area contributed by atoms with E-state index in [1.807, 2.05) is 37.3 Å². The van der Waals surface area contributed by atoms with Gasteiger partial charge in [0.25, 0.3) is 0 Å². The Kier molecular flexibility index (Phi) is 7.20. The van der Waals surface area contributed by atoms with Crippen LogP contribution in [0.1, 0.15) is 26.2 Å². The van der Waals surface area contributed by atoms with Crippen LogP contribution in [0.4, 0.5) is 5.69 Å². The van der Waals surface area contributed by atoms with Crippen molar-refractivity contribution in [2.45, 2.75) is 26.2 Å². The first-order chi connectivity index (χ1) is 11.5. The number of anilines is 1. The largest absolute Gasteiger partial charge is 0.326 e. The maximum absolute atomic E-state index is 12.2. The molecule has 0 unspecified atom stereocenters. The lowest BCUT2D eigenvalue weighted by Crippen LogP contribution is -2.49. The Morgan fingerprint density at radius 2 is 1.79 bits per heavy atom. The summed E-state index contributed by atoms with van der Waals surface area (Å²) in [5.41, 5.74) is 0.800. The first-order valence-electron chi connectivity index (χ1n) is 8.56. The zero-order valence-electron chi connectivity index (χ0n) is 14.3. The van der Waals surface area contributed by atoms with Gasteiger partial charge in [0, 0.05) is 44.8 Å². The predicted octanol–water partition coefficient (Wildman–Crippen LogP) is 1.76. The van der Waals surface area contributed by atoms with E-state index in [0.29, 0.717) is 45.6 Å². The highest BCUT2D eigenvalue weighted by atomic mass is 32.2. The molecular weight excluding hydrogens is 326 g/mol. The van der Waals surface area contributed by atoms with Crippen molar-refractivity contribution in [2.75, 3.05) is 43.8 Å². The number of carbonyl (C=O) groups is 1. The molecule has 1 saturated heterocycles. The van der Waals surface area contributed by atoms with E-state index in [-0.39, 0.29) is 11.7 Å². The van der Waals surface area contributed by atoms with Gasteiger partial charge in [-0.2, -0.15) is 4.31 Å². The second-order valence-corrected chi connectivity index (χ2v) is 8.16. The van der Waals surface area contributed by atoms with E-state index in [9.17, 15) is 13.2 Å². The highest BCUT2D eigenvalue weighted by Crippen LogP contribution is 2.11. The molecule has 0 spiro atoms. The van der Waals surface area contributed by atoms with Crippen LogP contribution in [-0.4, -0.2) is 62.0 Å². The minimum atomic E-state index is -3.11. The van der Waals surface area contributed by atoms with E-state index in [4.69, 9.17) is 0 Å². The van der Waals surface area contributed by atoms with Crippen molar-refractivity contribution in [3.63, 3.8) is 0 Å². The van der Waals surface area contributed by atoms with Crippen molar-refractivity contribution in [3.05, 3.63) is 30.3 Å². The first kappa shape index (κ1) is 18.9. The number of para-hydroxylation sites is 1. The lowest BCUT2D eigenvalue weighted by Gasteiger charge is -2.33. The molecule has 2 rings (SSSR count). The van der Waals surface area contributed by atoms with E-state index in [2.05, 4.69) is 10.2 Å². The number of carbonyl (C=O) groups excluding carboxylic acids is 1. The summed E-state index contributed by atoms with van der Waals surface area (Å²) in [4.78, 5) is 14.1. The Hall–Kier alpha value is -1.44. The van der Waals surface area contributed by atoms with Crippen LogP contribution in [0.5, 0.6) is 0 Å². The average molecular weight is 353 g/mol. The van der Waals surface area contributed by atoms with E-state index in [1.54, 1.807) is 4.31 Å². The van der Waals surface area contributed by atoms with E-state index in [1.165, 1.54) is 0 Å². The zero-order chi connectivity index (χ0) is 17.4. The van der Waals surface area contributed by atoms with Crippen molar-refractivity contribution < 1.29 is 13.2 Å². The maximum atomic E-state index is 12.2. The Morgan fingerprint density at radius 1 is 1.12 bits per heavy atom. The van der Waals surface area contributed by atoms with Gasteiger partial charge in [0.05, 0.1) is 5.75 Å². The van der Waals surface area contributed by atoms with Crippen molar-refractivity contribution >= 4 is 21.6 Å². The number of nitrogens with zero attached hydrogens (tertiary/aromatic N) is 2. The first-order valence-corrected chi connectivity index (χ1v) is 10.2. The van der Waals surface area contributed by atoms with Crippen molar-refractivity contribution in [2.24, 2.45) is 0 Å². The second-order valence-electron chi connectivity index (χ2n) is 6.07. The molecule has 1 aliphatic rings. The minimum Gasteiger partial charge on any atom is -0.326 e. The quantitative estimate of drug-likeness (QED) is 0.773. The van der Waals surface area contributed by atoms with Crippen molar-refractivity contribution in [1.82, 2.24) is 9.21 Å². The van der Waals surface area contributed by atoms with Gasteiger partial charge in [-0.05, 0) is 18.6 Å². The van der Waals surface area contributed by atoms with Gasteiger partial charge in [-0.3, -0.25) is 4.79 Å². The average Bonchev–Trinajstić information content (AvgIpc) is 2.59. The standard InChI is InChI=1S/C17H27N3O3S/c1-2-3-15-24(22,23)20-13-11-19(12-14-20)10-9-17(21)18-16-7-5-4-6-8-16/h4-8H,2-3,9-15H2,1H3,(H,18,21). The van der Waals surface area contributed by atoms with Gasteiger partial charge < -0.3 is 10.2 Å². The summed E-state index contributed by atoms with van der Waals surface area (Å²) in [7, 11) is -3.11. The lowest BCUT2D eigenvalue weighted by atomic mass is 10.3. The zero-order valence-corrected chi connectivity index (χ0v) is 15.1. The molecule has 7 heteroatoms. The Morgan fingerprint density at radius 3 is 2.42 bits per heavy atom. The number of benzene rings is 1. The Balaban J connectivity index is 1.70. The topological polar surface area (TPSA) is 69.7 Å². The van der Waals surface area contributed by atoms with Gasteiger partial charge in [0.2, 0.25) is 15.9 Å². The third-order valence-corrected chi connectivity index (χ3v) is 6.15. The van der Waals surface area contributed by atoms with Gasteiger partial charge in [-0.15, -0.1) is 0 Å². The molecule has 0 bridgehead atoms. The highest BCUT2D eigenvalue weighted by Gasteiger charge is 2.26. The Bertz CT molecular complexity index is 611. The molecule has 1 aromatic rings. The molecule has 1 fully saturated rings. The normalized spacial score (nSPS) is 16.9. The van der Waals surface area contributed by atoms with Crippen molar-refractivity contribution in [1.29, 1.82) is 0 Å². The maximum Gasteiger partial charge on any atom is 0.225 e. The Labute approximate surface area is 144 Å². The summed E-state index contributed by atoms with van der Waals surface area (Å²) < 4.78 is 25.9. The fourth-order valence-corrected chi connectivity index (χ4v) is 4.32. The summed E-state index contributed by atoms with van der Waals surface area (Å²) in [6.07, 6.45) is 2.01. The van der Waals surface area contributed by atoms with Crippen LogP contribution in [0.3, 0.4) is 0 Å². The molecule has 0 aromatic heterocycles. The molecule has 1 N–H and O–H groups in total. The number of unbranched alkanes of at least 4 members (excludes halogenated alkanes) is 1. The van der Waals surface area contributed by atoms with Crippen LogP contribution in [0, 0.1) is 0 Å². The van der Waals surface area contributed by atoms with Crippen LogP contribution in [0.2, 0.25) is 0 Å². The number of sulfonamides is 1. The summed E-state index contributed by atoms with van der Waals surface area (Å²) in [5.74, 6) is 0.224. The van der Waals surface area contributed by atoms with Gasteiger partial charge >= 0.3 is 0 Å². The molecule has 1 amide bonds. The molecule has 6 nitrogen and oxygen atoms in total. The van der Waals surface area contributed by atoms with E-state index in [0.717, 1.165) is 12.1 Å². The fourth-order valence-electron chi connectivity index (χ4n) is 2.69. The fraction of sp³-hybridized carbons (Fsp3) is 0.588. The molecule has 1 aliphatic heterocycles. The molecule has 0 atom stereocenters. The predicted molar refractivity (Wildman–Crippen MR) is 96.4 cm³/mol. The third kappa shape index (κ3) is 5.89. The van der Waals surface area contributed by atoms with Crippen LogP contribution in [0.25, 0.3) is 0 Å². The minimum absolute atomic E-state index is 0.0146.